The molecule has 1 aromatic heterocycles. The van der Waals surface area contributed by atoms with Gasteiger partial charge in [-0.3, -0.25) is 9.98 Å². The lowest BCUT2D eigenvalue weighted by Gasteiger charge is -1.95. The van der Waals surface area contributed by atoms with Crippen LogP contribution in [0.2, 0.25) is 0 Å². The molecular weight excluding hydrogens is 152 g/mol. The molecule has 0 N–H and O–H groups in total. The Balaban J connectivity index is 2.43. The van der Waals surface area contributed by atoms with Gasteiger partial charge in [-0.05, 0) is 13.0 Å². The van der Waals surface area contributed by atoms with E-state index in [2.05, 4.69) is 9.98 Å². The molecule has 3 heteroatoms. The fourth-order valence-corrected chi connectivity index (χ4v) is 1.24. The van der Waals surface area contributed by atoms with E-state index in [4.69, 9.17) is 4.74 Å². The molecule has 0 aliphatic carbocycles. The van der Waals surface area contributed by atoms with Crippen molar-refractivity contribution in [1.29, 1.82) is 0 Å². The number of nitrogens with zero attached hydrogens (tertiary/aromatic N) is 2. The molecule has 1 aliphatic heterocycles. The summed E-state index contributed by atoms with van der Waals surface area (Å²) >= 11 is 0. The van der Waals surface area contributed by atoms with Crippen molar-refractivity contribution in [2.24, 2.45) is 4.99 Å². The zero-order valence-corrected chi connectivity index (χ0v) is 6.95. The van der Waals surface area contributed by atoms with Crippen LogP contribution in [0.4, 0.5) is 0 Å². The second kappa shape index (κ2) is 2.93. The number of fused-ring (bicyclic) bond motifs is 1. The first-order chi connectivity index (χ1) is 5.92. The van der Waals surface area contributed by atoms with Gasteiger partial charge in [-0.2, -0.15) is 0 Å². The SMILES string of the molecule is CC/N=C1/OCc2ccncc21. The maximum absolute atomic E-state index is 5.37. The Morgan fingerprint density at radius 1 is 1.67 bits per heavy atom. The number of aromatic nitrogens is 1. The van der Waals surface area contributed by atoms with Crippen molar-refractivity contribution in [3.8, 4) is 0 Å². The molecule has 0 atom stereocenters. The fraction of sp³-hybridized carbons (Fsp3) is 0.333. The Bertz CT molecular complexity index is 320. The molecule has 3 nitrogen and oxygen atoms in total. The molecule has 0 amide bonds. The number of hydrogen-bond donors (Lipinski definition) is 0. The van der Waals surface area contributed by atoms with Crippen molar-refractivity contribution in [3.63, 3.8) is 0 Å². The second-order valence-electron chi connectivity index (χ2n) is 2.60. The number of ether oxygens (including phenoxy) is 1. The molecule has 1 aromatic rings. The van der Waals surface area contributed by atoms with Crippen molar-refractivity contribution in [2.45, 2.75) is 13.5 Å². The monoisotopic (exact) mass is 162 g/mol. The lowest BCUT2D eigenvalue weighted by Crippen LogP contribution is -1.98. The summed E-state index contributed by atoms with van der Waals surface area (Å²) in [6.45, 7) is 3.38. The van der Waals surface area contributed by atoms with Crippen molar-refractivity contribution in [2.75, 3.05) is 6.54 Å². The number of rotatable bonds is 1. The van der Waals surface area contributed by atoms with Crippen LogP contribution in [0.5, 0.6) is 0 Å². The van der Waals surface area contributed by atoms with Crippen LogP contribution in [-0.2, 0) is 11.3 Å². The van der Waals surface area contributed by atoms with Gasteiger partial charge >= 0.3 is 0 Å². The molecule has 0 unspecified atom stereocenters. The van der Waals surface area contributed by atoms with Crippen LogP contribution >= 0.6 is 0 Å². The second-order valence-corrected chi connectivity index (χ2v) is 2.60. The molecule has 0 saturated carbocycles. The van der Waals surface area contributed by atoms with Crippen LogP contribution in [0, 0.1) is 0 Å². The Kier molecular flexibility index (Phi) is 1.78. The predicted octanol–water partition coefficient (Wildman–Crippen LogP) is 1.38. The van der Waals surface area contributed by atoms with Crippen LogP contribution in [0.3, 0.4) is 0 Å². The van der Waals surface area contributed by atoms with Gasteiger partial charge in [0.05, 0.1) is 5.56 Å². The van der Waals surface area contributed by atoms with Crippen molar-refractivity contribution in [1.82, 2.24) is 4.98 Å². The number of aliphatic imine (C=N–C) groups is 1. The first-order valence-electron chi connectivity index (χ1n) is 4.02. The molecule has 0 radical (unpaired) electrons. The number of hydrogen-bond acceptors (Lipinski definition) is 3. The molecule has 62 valence electrons. The highest BCUT2D eigenvalue weighted by Crippen LogP contribution is 2.18. The molecule has 2 heterocycles. The average molecular weight is 162 g/mol. The van der Waals surface area contributed by atoms with Crippen LogP contribution < -0.4 is 0 Å². The van der Waals surface area contributed by atoms with Crippen LogP contribution in [0.15, 0.2) is 23.5 Å². The predicted molar refractivity (Wildman–Crippen MR) is 46.1 cm³/mol. The van der Waals surface area contributed by atoms with E-state index in [0.717, 1.165) is 18.0 Å². The summed E-state index contributed by atoms with van der Waals surface area (Å²) < 4.78 is 5.37. The van der Waals surface area contributed by atoms with E-state index in [-0.39, 0.29) is 0 Å². The largest absolute Gasteiger partial charge is 0.473 e. The summed E-state index contributed by atoms with van der Waals surface area (Å²) in [4.78, 5) is 8.25. The van der Waals surface area contributed by atoms with E-state index in [0.29, 0.717) is 6.61 Å². The molecular formula is C9H10N2O. The van der Waals surface area contributed by atoms with E-state index in [1.807, 2.05) is 13.0 Å². The van der Waals surface area contributed by atoms with Crippen LogP contribution in [-0.4, -0.2) is 17.4 Å². The van der Waals surface area contributed by atoms with Crippen molar-refractivity contribution in [3.05, 3.63) is 29.6 Å². The third-order valence-corrected chi connectivity index (χ3v) is 1.81. The minimum absolute atomic E-state index is 0.636. The zero-order chi connectivity index (χ0) is 8.39. The Morgan fingerprint density at radius 3 is 3.42 bits per heavy atom. The summed E-state index contributed by atoms with van der Waals surface area (Å²) in [6.07, 6.45) is 3.58. The maximum Gasteiger partial charge on any atom is 0.218 e. The third kappa shape index (κ3) is 1.07. The van der Waals surface area contributed by atoms with Gasteiger partial charge < -0.3 is 4.74 Å². The molecule has 0 aromatic carbocycles. The van der Waals surface area contributed by atoms with Gasteiger partial charge in [0, 0.05) is 24.5 Å². The summed E-state index contributed by atoms with van der Waals surface area (Å²) in [6, 6.07) is 1.97. The van der Waals surface area contributed by atoms with E-state index >= 15 is 0 Å². The molecule has 0 fully saturated rings. The van der Waals surface area contributed by atoms with Crippen LogP contribution in [0.25, 0.3) is 0 Å². The third-order valence-electron chi connectivity index (χ3n) is 1.81. The Morgan fingerprint density at radius 2 is 2.58 bits per heavy atom. The van der Waals surface area contributed by atoms with Gasteiger partial charge in [0.1, 0.15) is 6.61 Å². The first kappa shape index (κ1) is 7.28. The quantitative estimate of drug-likeness (QED) is 0.625. The van der Waals surface area contributed by atoms with Gasteiger partial charge in [-0.25, -0.2) is 0 Å². The van der Waals surface area contributed by atoms with E-state index in [9.17, 15) is 0 Å². The average Bonchev–Trinajstić information content (AvgIpc) is 2.50. The van der Waals surface area contributed by atoms with Gasteiger partial charge in [-0.1, -0.05) is 0 Å². The van der Waals surface area contributed by atoms with E-state index in [1.165, 1.54) is 5.56 Å². The van der Waals surface area contributed by atoms with Crippen molar-refractivity contribution < 1.29 is 4.74 Å². The first-order valence-corrected chi connectivity index (χ1v) is 4.02. The smallest absolute Gasteiger partial charge is 0.218 e. The zero-order valence-electron chi connectivity index (χ0n) is 6.95. The van der Waals surface area contributed by atoms with Gasteiger partial charge in [0.25, 0.3) is 0 Å². The highest BCUT2D eigenvalue weighted by molar-refractivity contribution is 5.97. The van der Waals surface area contributed by atoms with Gasteiger partial charge in [0.2, 0.25) is 5.90 Å². The normalized spacial score (nSPS) is 17.6. The lowest BCUT2D eigenvalue weighted by atomic mass is 10.2. The highest BCUT2D eigenvalue weighted by Gasteiger charge is 2.17. The molecule has 2 rings (SSSR count). The van der Waals surface area contributed by atoms with Gasteiger partial charge in [-0.15, -0.1) is 0 Å². The Labute approximate surface area is 71.1 Å². The minimum atomic E-state index is 0.636. The fourth-order valence-electron chi connectivity index (χ4n) is 1.24. The van der Waals surface area contributed by atoms with Gasteiger partial charge in [0.15, 0.2) is 0 Å². The van der Waals surface area contributed by atoms with Crippen LogP contribution in [0.1, 0.15) is 18.1 Å². The summed E-state index contributed by atoms with van der Waals surface area (Å²) in [5.41, 5.74) is 2.22. The standard InChI is InChI=1S/C9H10N2O/c1-2-11-9-8-5-10-4-3-7(8)6-12-9/h3-5H,2,6H2,1H3/b11-9+. The minimum Gasteiger partial charge on any atom is -0.473 e. The molecule has 0 saturated heterocycles. The van der Waals surface area contributed by atoms with E-state index in [1.54, 1.807) is 12.4 Å². The van der Waals surface area contributed by atoms with Crippen molar-refractivity contribution >= 4 is 5.90 Å². The summed E-state index contributed by atoms with van der Waals surface area (Å²) in [7, 11) is 0. The number of pyridine rings is 1. The topological polar surface area (TPSA) is 34.5 Å². The summed E-state index contributed by atoms with van der Waals surface area (Å²) in [5.74, 6) is 0.737. The molecule has 1 aliphatic rings. The molecule has 12 heavy (non-hydrogen) atoms. The Hall–Kier alpha value is -1.38. The molecule has 0 bridgehead atoms. The maximum atomic E-state index is 5.37. The lowest BCUT2D eigenvalue weighted by molar-refractivity contribution is 0.311. The highest BCUT2D eigenvalue weighted by atomic mass is 16.5. The van der Waals surface area contributed by atoms with E-state index < -0.39 is 0 Å². The molecule has 0 spiro atoms. The summed E-state index contributed by atoms with van der Waals surface area (Å²) in [5, 5.41) is 0.